The number of aliphatic hydroxyl groups excluding tert-OH is 1. The van der Waals surface area contributed by atoms with Crippen molar-refractivity contribution in [3.05, 3.63) is 30.3 Å². The number of rotatable bonds is 6. The van der Waals surface area contributed by atoms with Crippen molar-refractivity contribution in [3.8, 4) is 5.75 Å². The van der Waals surface area contributed by atoms with E-state index in [0.717, 1.165) is 23.3 Å². The first-order valence-electron chi connectivity index (χ1n) is 5.25. The van der Waals surface area contributed by atoms with Gasteiger partial charge >= 0.3 is 0 Å². The summed E-state index contributed by atoms with van der Waals surface area (Å²) in [6.45, 7) is 2.56. The fourth-order valence-electron chi connectivity index (χ4n) is 1.31. The van der Waals surface area contributed by atoms with Crippen LogP contribution in [0.3, 0.4) is 0 Å². The van der Waals surface area contributed by atoms with Gasteiger partial charge in [-0.25, -0.2) is 0 Å². The van der Waals surface area contributed by atoms with Gasteiger partial charge in [0.05, 0.1) is 20.7 Å². The van der Waals surface area contributed by atoms with Crippen LogP contribution in [-0.2, 0) is 0 Å². The average Bonchev–Trinajstić information content (AvgIpc) is 2.19. The van der Waals surface area contributed by atoms with Crippen molar-refractivity contribution in [2.75, 3.05) is 40.4 Å². The highest BCUT2D eigenvalue weighted by Gasteiger charge is 2.13. The molecule has 15 heavy (non-hydrogen) atoms. The maximum atomic E-state index is 8.86. The minimum Gasteiger partial charge on any atom is -0.488 e. The lowest BCUT2D eigenvalue weighted by atomic mass is 10.3. The van der Waals surface area contributed by atoms with Gasteiger partial charge < -0.3 is 14.3 Å². The Kier molecular flexibility index (Phi) is 4.59. The second-order valence-corrected chi connectivity index (χ2v) is 4.27. The molecule has 0 saturated carbocycles. The molecule has 0 aromatic heterocycles. The number of hydrogen-bond donors (Lipinski definition) is 1. The van der Waals surface area contributed by atoms with Gasteiger partial charge in [0, 0.05) is 0 Å². The first kappa shape index (κ1) is 12.0. The molecule has 0 aliphatic rings. The fraction of sp³-hybridized carbons (Fsp3) is 0.500. The van der Waals surface area contributed by atoms with E-state index in [1.54, 1.807) is 0 Å². The van der Waals surface area contributed by atoms with Crippen LogP contribution in [0, 0.1) is 0 Å². The van der Waals surface area contributed by atoms with E-state index in [1.807, 2.05) is 30.3 Å². The Balaban J connectivity index is 2.27. The Morgan fingerprint density at radius 2 is 1.80 bits per heavy atom. The van der Waals surface area contributed by atoms with Crippen LogP contribution in [0.4, 0.5) is 0 Å². The summed E-state index contributed by atoms with van der Waals surface area (Å²) < 4.78 is 6.37. The highest BCUT2D eigenvalue weighted by molar-refractivity contribution is 5.20. The van der Waals surface area contributed by atoms with Crippen LogP contribution >= 0.6 is 0 Å². The van der Waals surface area contributed by atoms with Crippen LogP contribution in [0.1, 0.15) is 0 Å². The quantitative estimate of drug-likeness (QED) is 0.713. The minimum atomic E-state index is 0.221. The summed E-state index contributed by atoms with van der Waals surface area (Å²) in [6.07, 6.45) is 0. The lowest BCUT2D eigenvalue weighted by Gasteiger charge is -2.28. The number of likely N-dealkylation sites (N-methyl/N-ethyl adjacent to an activating group) is 1. The molecule has 1 aromatic rings. The van der Waals surface area contributed by atoms with E-state index in [-0.39, 0.29) is 6.61 Å². The standard InChI is InChI=1S/C12H20NO2/c1-13(2,8-10-14)9-11-15-12-6-4-3-5-7-12/h3-7,14H,8-11H2,1-2H3/q+1. The van der Waals surface area contributed by atoms with Crippen LogP contribution < -0.4 is 4.74 Å². The zero-order valence-corrected chi connectivity index (χ0v) is 9.52. The molecule has 1 aromatic carbocycles. The summed E-state index contributed by atoms with van der Waals surface area (Å²) in [7, 11) is 4.18. The van der Waals surface area contributed by atoms with Crippen molar-refractivity contribution in [1.82, 2.24) is 0 Å². The highest BCUT2D eigenvalue weighted by atomic mass is 16.5. The molecule has 1 N–H and O–H groups in total. The summed E-state index contributed by atoms with van der Waals surface area (Å²) in [5.74, 6) is 0.904. The van der Waals surface area contributed by atoms with E-state index in [0.29, 0.717) is 6.61 Å². The minimum absolute atomic E-state index is 0.221. The first-order chi connectivity index (χ1) is 7.14. The zero-order valence-electron chi connectivity index (χ0n) is 9.52. The molecule has 1 rings (SSSR count). The average molecular weight is 210 g/mol. The van der Waals surface area contributed by atoms with Gasteiger partial charge in [-0.15, -0.1) is 0 Å². The fourth-order valence-corrected chi connectivity index (χ4v) is 1.31. The molecule has 3 nitrogen and oxygen atoms in total. The normalized spacial score (nSPS) is 11.4. The van der Waals surface area contributed by atoms with Crippen LogP contribution in [0.15, 0.2) is 30.3 Å². The maximum Gasteiger partial charge on any atom is 0.137 e. The summed E-state index contributed by atoms with van der Waals surface area (Å²) in [5.41, 5.74) is 0. The lowest BCUT2D eigenvalue weighted by molar-refractivity contribution is -0.890. The molecule has 0 atom stereocenters. The number of quaternary nitrogens is 1. The van der Waals surface area contributed by atoms with Crippen molar-refractivity contribution < 1.29 is 14.3 Å². The highest BCUT2D eigenvalue weighted by Crippen LogP contribution is 2.08. The molecule has 0 bridgehead atoms. The Morgan fingerprint density at radius 1 is 1.13 bits per heavy atom. The number of aliphatic hydroxyl groups is 1. The summed E-state index contributed by atoms with van der Waals surface area (Å²) >= 11 is 0. The summed E-state index contributed by atoms with van der Waals surface area (Å²) in [4.78, 5) is 0. The molecule has 0 unspecified atom stereocenters. The van der Waals surface area contributed by atoms with Gasteiger partial charge in [0.25, 0.3) is 0 Å². The van der Waals surface area contributed by atoms with Crippen molar-refractivity contribution in [2.24, 2.45) is 0 Å². The van der Waals surface area contributed by atoms with E-state index in [4.69, 9.17) is 9.84 Å². The topological polar surface area (TPSA) is 29.5 Å². The number of para-hydroxylation sites is 1. The van der Waals surface area contributed by atoms with Crippen molar-refractivity contribution >= 4 is 0 Å². The third-order valence-electron chi connectivity index (χ3n) is 2.41. The third-order valence-corrected chi connectivity index (χ3v) is 2.41. The van der Waals surface area contributed by atoms with E-state index in [2.05, 4.69) is 14.1 Å². The molecule has 0 saturated heterocycles. The maximum absolute atomic E-state index is 8.86. The number of benzene rings is 1. The summed E-state index contributed by atoms with van der Waals surface area (Å²) in [6, 6.07) is 9.79. The second-order valence-electron chi connectivity index (χ2n) is 4.27. The van der Waals surface area contributed by atoms with E-state index in [9.17, 15) is 0 Å². The molecule has 0 amide bonds. The van der Waals surface area contributed by atoms with Crippen molar-refractivity contribution in [2.45, 2.75) is 0 Å². The smallest absolute Gasteiger partial charge is 0.137 e. The Labute approximate surface area is 91.5 Å². The van der Waals surface area contributed by atoms with Gasteiger partial charge in [-0.2, -0.15) is 0 Å². The summed E-state index contributed by atoms with van der Waals surface area (Å²) in [5, 5.41) is 8.86. The SMILES string of the molecule is C[N+](C)(CCO)CCOc1ccccc1. The third kappa shape index (κ3) is 4.81. The Morgan fingerprint density at radius 3 is 2.40 bits per heavy atom. The van der Waals surface area contributed by atoms with Gasteiger partial charge in [-0.05, 0) is 12.1 Å². The van der Waals surface area contributed by atoms with Gasteiger partial charge in [-0.1, -0.05) is 18.2 Å². The molecule has 84 valence electrons. The van der Waals surface area contributed by atoms with Crippen LogP contribution in [-0.4, -0.2) is 50.0 Å². The molecule has 0 fully saturated rings. The predicted octanol–water partition coefficient (Wildman–Crippen LogP) is 1.13. The van der Waals surface area contributed by atoms with Crippen molar-refractivity contribution in [3.63, 3.8) is 0 Å². The molecular weight excluding hydrogens is 190 g/mol. The molecule has 0 heterocycles. The first-order valence-corrected chi connectivity index (χ1v) is 5.25. The van der Waals surface area contributed by atoms with Gasteiger partial charge in [0.2, 0.25) is 0 Å². The van der Waals surface area contributed by atoms with Gasteiger partial charge in [0.1, 0.15) is 25.4 Å². The van der Waals surface area contributed by atoms with Crippen LogP contribution in [0.5, 0.6) is 5.75 Å². The van der Waals surface area contributed by atoms with Gasteiger partial charge in [0.15, 0.2) is 0 Å². The van der Waals surface area contributed by atoms with Gasteiger partial charge in [-0.3, -0.25) is 0 Å². The Bertz CT molecular complexity index is 272. The Hall–Kier alpha value is -1.06. The molecule has 3 heteroatoms. The number of nitrogens with zero attached hydrogens (tertiary/aromatic N) is 1. The van der Waals surface area contributed by atoms with Crippen LogP contribution in [0.25, 0.3) is 0 Å². The largest absolute Gasteiger partial charge is 0.488 e. The number of ether oxygens (including phenoxy) is 1. The molecule has 0 radical (unpaired) electrons. The lowest BCUT2D eigenvalue weighted by Crippen LogP contribution is -2.44. The molecule has 0 aliphatic carbocycles. The zero-order chi connectivity index (χ0) is 11.1. The van der Waals surface area contributed by atoms with Crippen LogP contribution in [0.2, 0.25) is 0 Å². The molecular formula is C12H20NO2+. The van der Waals surface area contributed by atoms with E-state index < -0.39 is 0 Å². The van der Waals surface area contributed by atoms with E-state index in [1.165, 1.54) is 0 Å². The predicted molar refractivity (Wildman–Crippen MR) is 60.9 cm³/mol. The van der Waals surface area contributed by atoms with E-state index >= 15 is 0 Å². The molecule has 0 spiro atoms. The number of hydrogen-bond acceptors (Lipinski definition) is 2. The molecule has 0 aliphatic heterocycles. The van der Waals surface area contributed by atoms with Crippen molar-refractivity contribution in [1.29, 1.82) is 0 Å². The monoisotopic (exact) mass is 210 g/mol. The second kappa shape index (κ2) is 5.73.